The highest BCUT2D eigenvalue weighted by molar-refractivity contribution is 6.00. The van der Waals surface area contributed by atoms with Gasteiger partial charge in [-0.3, -0.25) is 20.0 Å². The molecule has 0 atom stereocenters. The topological polar surface area (TPSA) is 76.9 Å². The highest BCUT2D eigenvalue weighted by atomic mass is 16.2. The van der Waals surface area contributed by atoms with Crippen molar-refractivity contribution in [3.8, 4) is 11.5 Å². The summed E-state index contributed by atoms with van der Waals surface area (Å²) < 4.78 is 1.18. The minimum Gasteiger partial charge on any atom is -0.267 e. The van der Waals surface area contributed by atoms with Gasteiger partial charge in [0.1, 0.15) is 5.69 Å². The van der Waals surface area contributed by atoms with Crippen LogP contribution in [0.1, 0.15) is 35.7 Å². The van der Waals surface area contributed by atoms with Gasteiger partial charge in [0.05, 0.1) is 10.9 Å². The minimum atomic E-state index is -0.381. The molecule has 6 nitrogen and oxygen atoms in total. The van der Waals surface area contributed by atoms with E-state index < -0.39 is 0 Å². The Morgan fingerprint density at radius 1 is 1.00 bits per heavy atom. The highest BCUT2D eigenvalue weighted by Gasteiger charge is 2.16. The fraction of sp³-hybridized carbons (Fsp3) is 0.167. The number of nitrogens with one attached hydrogen (secondary N) is 1. The van der Waals surface area contributed by atoms with Crippen molar-refractivity contribution >= 4 is 16.8 Å². The van der Waals surface area contributed by atoms with E-state index in [4.69, 9.17) is 0 Å². The molecule has 0 spiro atoms. The number of hydrogen-bond donors (Lipinski definition) is 1. The van der Waals surface area contributed by atoms with E-state index in [0.717, 1.165) is 19.3 Å². The van der Waals surface area contributed by atoms with Crippen LogP contribution in [0, 0.1) is 0 Å². The molecular formula is C24H22N4O2. The number of rotatable bonds is 6. The molecule has 1 amide bonds. The maximum Gasteiger partial charge on any atom is 0.280 e. The zero-order valence-corrected chi connectivity index (χ0v) is 16.7. The van der Waals surface area contributed by atoms with Crippen LogP contribution in [0.5, 0.6) is 0 Å². The highest BCUT2D eigenvalue weighted by Crippen LogP contribution is 2.16. The van der Waals surface area contributed by atoms with Gasteiger partial charge in [-0.25, -0.2) is 4.98 Å². The van der Waals surface area contributed by atoms with Gasteiger partial charge in [0.25, 0.3) is 11.5 Å². The number of unbranched alkanes of at least 4 members (excludes halogenated alkanes) is 1. The molecule has 0 saturated heterocycles. The molecule has 2 heterocycles. The number of aryl methyl sites for hydroxylation is 1. The third-order valence-corrected chi connectivity index (χ3v) is 4.92. The summed E-state index contributed by atoms with van der Waals surface area (Å²) in [6.45, 7) is 2.15. The number of nitrogens with zero attached hydrogens (tertiary/aromatic N) is 3. The molecule has 0 unspecified atom stereocenters. The predicted molar refractivity (Wildman–Crippen MR) is 118 cm³/mol. The van der Waals surface area contributed by atoms with Gasteiger partial charge in [-0.05, 0) is 54.8 Å². The SMILES string of the molecule is CCCCc1ccc(C(=O)Nn2c(-c3ccccn3)nc3ccccc3c2=O)cc1. The third kappa shape index (κ3) is 3.98. The van der Waals surface area contributed by atoms with Crippen LogP contribution in [0.3, 0.4) is 0 Å². The van der Waals surface area contributed by atoms with Gasteiger partial charge in [-0.15, -0.1) is 0 Å². The Labute approximate surface area is 174 Å². The van der Waals surface area contributed by atoms with Crippen molar-refractivity contribution in [2.24, 2.45) is 0 Å². The molecule has 6 heteroatoms. The van der Waals surface area contributed by atoms with Crippen LogP contribution in [0.15, 0.2) is 77.7 Å². The quantitative estimate of drug-likeness (QED) is 0.528. The van der Waals surface area contributed by atoms with Crippen LogP contribution >= 0.6 is 0 Å². The van der Waals surface area contributed by atoms with Crippen LogP contribution in [-0.4, -0.2) is 20.6 Å². The largest absolute Gasteiger partial charge is 0.280 e. The molecule has 0 radical (unpaired) electrons. The fourth-order valence-corrected chi connectivity index (χ4v) is 3.27. The van der Waals surface area contributed by atoms with E-state index in [0.29, 0.717) is 22.2 Å². The Morgan fingerprint density at radius 2 is 1.77 bits per heavy atom. The van der Waals surface area contributed by atoms with Gasteiger partial charge in [-0.2, -0.15) is 4.68 Å². The average Bonchev–Trinajstić information content (AvgIpc) is 2.80. The number of amides is 1. The summed E-state index contributed by atoms with van der Waals surface area (Å²) in [5, 5.41) is 0.424. The fourth-order valence-electron chi connectivity index (χ4n) is 3.27. The number of aromatic nitrogens is 3. The van der Waals surface area contributed by atoms with Crippen molar-refractivity contribution in [2.45, 2.75) is 26.2 Å². The molecule has 0 aliphatic carbocycles. The van der Waals surface area contributed by atoms with Gasteiger partial charge < -0.3 is 0 Å². The zero-order chi connectivity index (χ0) is 20.9. The lowest BCUT2D eigenvalue weighted by atomic mass is 10.1. The molecule has 0 fully saturated rings. The molecular weight excluding hydrogens is 376 g/mol. The maximum atomic E-state index is 13.1. The molecule has 1 N–H and O–H groups in total. The number of para-hydroxylation sites is 1. The Bertz CT molecular complexity index is 1230. The lowest BCUT2D eigenvalue weighted by Crippen LogP contribution is -2.35. The molecule has 2 aromatic carbocycles. The van der Waals surface area contributed by atoms with Crippen LogP contribution in [0.25, 0.3) is 22.4 Å². The van der Waals surface area contributed by atoms with E-state index in [-0.39, 0.29) is 17.3 Å². The van der Waals surface area contributed by atoms with Crippen molar-refractivity contribution in [1.82, 2.24) is 14.6 Å². The monoisotopic (exact) mass is 398 g/mol. The first-order valence-electron chi connectivity index (χ1n) is 10.0. The summed E-state index contributed by atoms with van der Waals surface area (Å²) in [7, 11) is 0. The molecule has 150 valence electrons. The molecule has 0 bridgehead atoms. The molecule has 30 heavy (non-hydrogen) atoms. The second kappa shape index (κ2) is 8.69. The summed E-state index contributed by atoms with van der Waals surface area (Å²) in [6, 6.07) is 19.9. The number of pyridine rings is 1. The lowest BCUT2D eigenvalue weighted by Gasteiger charge is -2.14. The van der Waals surface area contributed by atoms with Gasteiger partial charge in [0.2, 0.25) is 0 Å². The molecule has 0 aliphatic rings. The van der Waals surface area contributed by atoms with E-state index in [9.17, 15) is 9.59 Å². The summed E-state index contributed by atoms with van der Waals surface area (Å²) >= 11 is 0. The normalized spacial score (nSPS) is 10.8. The van der Waals surface area contributed by atoms with Gasteiger partial charge in [0, 0.05) is 11.8 Å². The van der Waals surface area contributed by atoms with Crippen molar-refractivity contribution in [3.63, 3.8) is 0 Å². The van der Waals surface area contributed by atoms with Gasteiger partial charge >= 0.3 is 0 Å². The maximum absolute atomic E-state index is 13.1. The average molecular weight is 398 g/mol. The number of carbonyl (C=O) groups is 1. The summed E-state index contributed by atoms with van der Waals surface area (Å²) in [5.41, 5.74) is 5.07. The standard InChI is InChI=1S/C24H22N4O2/c1-2-3-8-17-12-14-18(15-13-17)23(29)27-28-22(21-11-6-7-16-25-21)26-20-10-5-4-9-19(20)24(28)30/h4-7,9-16H,2-3,8H2,1H3,(H,27,29). The Kier molecular flexibility index (Phi) is 5.66. The van der Waals surface area contributed by atoms with Crippen LogP contribution in [-0.2, 0) is 6.42 Å². The van der Waals surface area contributed by atoms with Gasteiger partial charge in [-0.1, -0.05) is 43.7 Å². The first-order valence-corrected chi connectivity index (χ1v) is 10.0. The van der Waals surface area contributed by atoms with E-state index in [2.05, 4.69) is 22.3 Å². The van der Waals surface area contributed by atoms with Crippen molar-refractivity contribution in [1.29, 1.82) is 0 Å². The van der Waals surface area contributed by atoms with E-state index >= 15 is 0 Å². The number of benzene rings is 2. The molecule has 4 aromatic rings. The van der Waals surface area contributed by atoms with Gasteiger partial charge in [0.15, 0.2) is 5.82 Å². The van der Waals surface area contributed by atoms with Crippen LogP contribution < -0.4 is 11.0 Å². The molecule has 0 aliphatic heterocycles. The second-order valence-corrected chi connectivity index (χ2v) is 7.05. The third-order valence-electron chi connectivity index (χ3n) is 4.92. The van der Waals surface area contributed by atoms with Crippen molar-refractivity contribution < 1.29 is 4.79 Å². The second-order valence-electron chi connectivity index (χ2n) is 7.05. The Morgan fingerprint density at radius 3 is 2.50 bits per heavy atom. The molecule has 2 aromatic heterocycles. The molecule has 0 saturated carbocycles. The van der Waals surface area contributed by atoms with E-state index in [1.165, 1.54) is 10.2 Å². The minimum absolute atomic E-state index is 0.284. The molecule has 4 rings (SSSR count). The summed E-state index contributed by atoms with van der Waals surface area (Å²) in [4.78, 5) is 34.9. The van der Waals surface area contributed by atoms with E-state index in [1.807, 2.05) is 24.3 Å². The lowest BCUT2D eigenvalue weighted by molar-refractivity contribution is 0.101. The Hall–Kier alpha value is -3.80. The zero-order valence-electron chi connectivity index (χ0n) is 16.7. The van der Waals surface area contributed by atoms with Crippen molar-refractivity contribution in [2.75, 3.05) is 5.43 Å². The first kappa shape index (κ1) is 19.5. The first-order chi connectivity index (χ1) is 14.7. The Balaban J connectivity index is 1.73. The van der Waals surface area contributed by atoms with E-state index in [1.54, 1.807) is 48.7 Å². The number of fused-ring (bicyclic) bond motifs is 1. The number of carbonyl (C=O) groups excluding carboxylic acids is 1. The predicted octanol–water partition coefficient (Wildman–Crippen LogP) is 4.19. The summed E-state index contributed by atoms with van der Waals surface area (Å²) in [5.74, 6) is -0.0966. The summed E-state index contributed by atoms with van der Waals surface area (Å²) in [6.07, 6.45) is 4.84. The smallest absolute Gasteiger partial charge is 0.267 e. The number of hydrogen-bond acceptors (Lipinski definition) is 4. The van der Waals surface area contributed by atoms with Crippen LogP contribution in [0.4, 0.5) is 0 Å². The van der Waals surface area contributed by atoms with Crippen LogP contribution in [0.2, 0.25) is 0 Å². The van der Waals surface area contributed by atoms with Crippen molar-refractivity contribution in [3.05, 3.63) is 94.4 Å².